The van der Waals surface area contributed by atoms with Gasteiger partial charge in [-0.2, -0.15) is 0 Å². The Hall–Kier alpha value is -0.810. The lowest BCUT2D eigenvalue weighted by molar-refractivity contribution is 0.0904. The molecule has 5 heteroatoms. The summed E-state index contributed by atoms with van der Waals surface area (Å²) in [5.74, 6) is -0.148. The van der Waals surface area contributed by atoms with Gasteiger partial charge in [-0.1, -0.05) is 6.92 Å². The number of carbonyl (C=O) groups excluding carboxylic acids is 1. The molecule has 0 aliphatic carbocycles. The van der Waals surface area contributed by atoms with Crippen molar-refractivity contribution in [1.29, 1.82) is 0 Å². The third-order valence-electron chi connectivity index (χ3n) is 2.65. The number of aromatic nitrogens is 1. The summed E-state index contributed by atoms with van der Waals surface area (Å²) in [6.07, 6.45) is 2.60. The minimum absolute atomic E-state index is 0.0359. The van der Waals surface area contributed by atoms with Crippen LogP contribution in [0.25, 0.3) is 0 Å². The fraction of sp³-hybridized carbons (Fsp3) is 0.583. The van der Waals surface area contributed by atoms with Gasteiger partial charge in [0.1, 0.15) is 5.69 Å². The largest absolute Gasteiger partial charge is 0.394 e. The van der Waals surface area contributed by atoms with Crippen LogP contribution in [0, 0.1) is 0 Å². The summed E-state index contributed by atoms with van der Waals surface area (Å²) >= 11 is 3.37. The average Bonchev–Trinajstić information content (AvgIpc) is 2.68. The molecule has 1 aromatic rings. The topological polar surface area (TPSA) is 54.3 Å². The predicted molar refractivity (Wildman–Crippen MR) is 71.1 cm³/mol. The Kier molecular flexibility index (Phi) is 5.21. The minimum atomic E-state index is -0.184. The molecule has 0 fully saturated rings. The fourth-order valence-electron chi connectivity index (χ4n) is 1.59. The predicted octanol–water partition coefficient (Wildman–Crippen LogP) is 2.33. The van der Waals surface area contributed by atoms with Crippen molar-refractivity contribution in [2.75, 3.05) is 6.61 Å². The molecule has 0 saturated heterocycles. The second-order valence-corrected chi connectivity index (χ2v) is 5.22. The molecule has 1 heterocycles. The highest BCUT2D eigenvalue weighted by Crippen LogP contribution is 2.19. The Morgan fingerprint density at radius 1 is 1.59 bits per heavy atom. The maximum atomic E-state index is 12.0. The molecule has 4 nitrogen and oxygen atoms in total. The normalized spacial score (nSPS) is 12.8. The quantitative estimate of drug-likeness (QED) is 0.877. The average molecular weight is 303 g/mol. The number of carbonyl (C=O) groups is 1. The molecule has 0 aliphatic rings. The highest BCUT2D eigenvalue weighted by atomic mass is 79.9. The molecule has 2 N–H and O–H groups in total. The highest BCUT2D eigenvalue weighted by molar-refractivity contribution is 9.10. The van der Waals surface area contributed by atoms with E-state index in [1.807, 2.05) is 31.5 Å². The Bertz CT molecular complexity index is 384. The molecule has 1 atom stereocenters. The van der Waals surface area contributed by atoms with Gasteiger partial charge in [0.05, 0.1) is 12.6 Å². The number of amides is 1. The van der Waals surface area contributed by atoms with Crippen molar-refractivity contribution < 1.29 is 9.90 Å². The SMILES string of the molecule is CC[C@@H](CO)NC(=O)c1cc(Br)cn1C(C)C. The van der Waals surface area contributed by atoms with Crippen LogP contribution >= 0.6 is 15.9 Å². The molecular formula is C12H19BrN2O2. The molecule has 17 heavy (non-hydrogen) atoms. The molecule has 0 unspecified atom stereocenters. The van der Waals surface area contributed by atoms with Gasteiger partial charge in [0.15, 0.2) is 0 Å². The standard InChI is InChI=1S/C12H19BrN2O2/c1-4-10(7-16)14-12(17)11-5-9(13)6-15(11)8(2)3/h5-6,8,10,16H,4,7H2,1-3H3,(H,14,17)/t10-/m0/s1. The van der Waals surface area contributed by atoms with Gasteiger partial charge in [-0.25, -0.2) is 0 Å². The van der Waals surface area contributed by atoms with Crippen molar-refractivity contribution in [3.63, 3.8) is 0 Å². The van der Waals surface area contributed by atoms with E-state index in [9.17, 15) is 4.79 Å². The van der Waals surface area contributed by atoms with Gasteiger partial charge < -0.3 is 15.0 Å². The van der Waals surface area contributed by atoms with Crippen molar-refractivity contribution in [1.82, 2.24) is 9.88 Å². The zero-order valence-electron chi connectivity index (χ0n) is 10.4. The van der Waals surface area contributed by atoms with E-state index in [1.165, 1.54) is 0 Å². The second-order valence-electron chi connectivity index (χ2n) is 4.31. The number of aliphatic hydroxyl groups excluding tert-OH is 1. The molecule has 0 spiro atoms. The van der Waals surface area contributed by atoms with E-state index in [2.05, 4.69) is 21.2 Å². The van der Waals surface area contributed by atoms with Gasteiger partial charge in [-0.15, -0.1) is 0 Å². The summed E-state index contributed by atoms with van der Waals surface area (Å²) in [6, 6.07) is 1.83. The molecule has 0 bridgehead atoms. The summed E-state index contributed by atoms with van der Waals surface area (Å²) < 4.78 is 2.79. The van der Waals surface area contributed by atoms with Crippen LogP contribution in [0.4, 0.5) is 0 Å². The lowest BCUT2D eigenvalue weighted by Crippen LogP contribution is -2.38. The first-order valence-electron chi connectivity index (χ1n) is 5.78. The van der Waals surface area contributed by atoms with Crippen LogP contribution in [0.15, 0.2) is 16.7 Å². The van der Waals surface area contributed by atoms with Crippen molar-refractivity contribution >= 4 is 21.8 Å². The third-order valence-corrected chi connectivity index (χ3v) is 3.09. The van der Waals surface area contributed by atoms with E-state index in [-0.39, 0.29) is 24.6 Å². The molecule has 0 saturated carbocycles. The minimum Gasteiger partial charge on any atom is -0.394 e. The molecule has 0 radical (unpaired) electrons. The first kappa shape index (κ1) is 14.3. The number of aliphatic hydroxyl groups is 1. The third kappa shape index (κ3) is 3.57. The summed E-state index contributed by atoms with van der Waals surface area (Å²) in [7, 11) is 0. The van der Waals surface area contributed by atoms with E-state index in [1.54, 1.807) is 6.07 Å². The van der Waals surface area contributed by atoms with Gasteiger partial charge in [0.25, 0.3) is 5.91 Å². The van der Waals surface area contributed by atoms with E-state index in [0.717, 1.165) is 4.47 Å². The smallest absolute Gasteiger partial charge is 0.268 e. The Morgan fingerprint density at radius 3 is 2.71 bits per heavy atom. The van der Waals surface area contributed by atoms with Gasteiger partial charge in [0, 0.05) is 16.7 Å². The number of halogens is 1. The van der Waals surface area contributed by atoms with Gasteiger partial charge in [-0.3, -0.25) is 4.79 Å². The number of hydrogen-bond acceptors (Lipinski definition) is 2. The number of hydrogen-bond donors (Lipinski definition) is 2. The van der Waals surface area contributed by atoms with Crippen LogP contribution in [0.2, 0.25) is 0 Å². The van der Waals surface area contributed by atoms with Crippen LogP contribution in [0.1, 0.15) is 43.7 Å². The van der Waals surface area contributed by atoms with E-state index < -0.39 is 0 Å². The fourth-order valence-corrected chi connectivity index (χ4v) is 2.03. The van der Waals surface area contributed by atoms with Crippen LogP contribution < -0.4 is 5.32 Å². The summed E-state index contributed by atoms with van der Waals surface area (Å²) in [5, 5.41) is 11.9. The lowest BCUT2D eigenvalue weighted by Gasteiger charge is -2.16. The summed E-state index contributed by atoms with van der Waals surface area (Å²) in [5.41, 5.74) is 0.610. The van der Waals surface area contributed by atoms with Crippen LogP contribution in [0.5, 0.6) is 0 Å². The van der Waals surface area contributed by atoms with Crippen molar-refractivity contribution in [2.24, 2.45) is 0 Å². The van der Waals surface area contributed by atoms with E-state index in [4.69, 9.17) is 5.11 Å². The molecule has 0 aliphatic heterocycles. The highest BCUT2D eigenvalue weighted by Gasteiger charge is 2.17. The number of nitrogens with one attached hydrogen (secondary N) is 1. The molecule has 1 aromatic heterocycles. The van der Waals surface area contributed by atoms with E-state index >= 15 is 0 Å². The first-order chi connectivity index (χ1) is 7.99. The molecular weight excluding hydrogens is 284 g/mol. The first-order valence-corrected chi connectivity index (χ1v) is 6.58. The maximum Gasteiger partial charge on any atom is 0.268 e. The monoisotopic (exact) mass is 302 g/mol. The van der Waals surface area contributed by atoms with E-state index in [0.29, 0.717) is 12.1 Å². The van der Waals surface area contributed by atoms with Gasteiger partial charge in [-0.05, 0) is 42.3 Å². The second kappa shape index (κ2) is 6.21. The Labute approximate surface area is 110 Å². The Balaban J connectivity index is 2.88. The summed E-state index contributed by atoms with van der Waals surface area (Å²) in [6.45, 7) is 5.93. The number of rotatable bonds is 5. The van der Waals surface area contributed by atoms with Crippen molar-refractivity contribution in [2.45, 2.75) is 39.3 Å². The molecule has 96 valence electrons. The van der Waals surface area contributed by atoms with Crippen molar-refractivity contribution in [3.05, 3.63) is 22.4 Å². The van der Waals surface area contributed by atoms with Crippen LogP contribution in [-0.4, -0.2) is 28.2 Å². The molecule has 1 rings (SSSR count). The summed E-state index contributed by atoms with van der Waals surface area (Å²) in [4.78, 5) is 12.0. The van der Waals surface area contributed by atoms with Crippen LogP contribution in [0.3, 0.4) is 0 Å². The zero-order chi connectivity index (χ0) is 13.0. The van der Waals surface area contributed by atoms with Crippen LogP contribution in [-0.2, 0) is 0 Å². The molecule has 1 amide bonds. The van der Waals surface area contributed by atoms with Gasteiger partial charge >= 0.3 is 0 Å². The lowest BCUT2D eigenvalue weighted by atomic mass is 10.2. The molecule has 0 aromatic carbocycles. The zero-order valence-corrected chi connectivity index (χ0v) is 12.0. The maximum absolute atomic E-state index is 12.0. The van der Waals surface area contributed by atoms with Gasteiger partial charge in [0.2, 0.25) is 0 Å². The van der Waals surface area contributed by atoms with Crippen molar-refractivity contribution in [3.8, 4) is 0 Å². The number of nitrogens with zero attached hydrogens (tertiary/aromatic N) is 1. The Morgan fingerprint density at radius 2 is 2.24 bits per heavy atom.